The highest BCUT2D eigenvalue weighted by atomic mass is 32.2. The van der Waals surface area contributed by atoms with E-state index in [2.05, 4.69) is 50.5 Å². The van der Waals surface area contributed by atoms with Gasteiger partial charge >= 0.3 is 0 Å². The molecular weight excluding hydrogens is 242 g/mol. The molecule has 0 aliphatic heterocycles. The smallest absolute Gasteiger partial charge is 0.0446 e. The SMILES string of the molecule is CSCC(CCO)NC(C)c1cccc(C)c1C. The van der Waals surface area contributed by atoms with Gasteiger partial charge in [0.2, 0.25) is 0 Å². The Morgan fingerprint density at radius 1 is 1.33 bits per heavy atom. The van der Waals surface area contributed by atoms with Crippen molar-refractivity contribution in [1.82, 2.24) is 5.32 Å². The van der Waals surface area contributed by atoms with Crippen LogP contribution in [0.5, 0.6) is 0 Å². The van der Waals surface area contributed by atoms with Crippen molar-refractivity contribution in [2.45, 2.75) is 39.3 Å². The number of aliphatic hydroxyl groups excluding tert-OH is 1. The fourth-order valence-corrected chi connectivity index (χ4v) is 2.92. The number of hydrogen-bond donors (Lipinski definition) is 2. The highest BCUT2D eigenvalue weighted by Crippen LogP contribution is 2.21. The maximum Gasteiger partial charge on any atom is 0.0446 e. The highest BCUT2D eigenvalue weighted by Gasteiger charge is 2.14. The van der Waals surface area contributed by atoms with Crippen molar-refractivity contribution in [3.63, 3.8) is 0 Å². The number of nitrogens with one attached hydrogen (secondary N) is 1. The Hall–Kier alpha value is -0.510. The lowest BCUT2D eigenvalue weighted by molar-refractivity contribution is 0.265. The summed E-state index contributed by atoms with van der Waals surface area (Å²) < 4.78 is 0. The van der Waals surface area contributed by atoms with Gasteiger partial charge in [0.25, 0.3) is 0 Å². The minimum atomic E-state index is 0.248. The molecule has 0 spiro atoms. The van der Waals surface area contributed by atoms with Gasteiger partial charge in [-0.25, -0.2) is 0 Å². The number of thioether (sulfide) groups is 1. The van der Waals surface area contributed by atoms with E-state index in [9.17, 15) is 0 Å². The quantitative estimate of drug-likeness (QED) is 0.796. The van der Waals surface area contributed by atoms with Crippen LogP contribution >= 0.6 is 11.8 Å². The van der Waals surface area contributed by atoms with Gasteiger partial charge in [0.05, 0.1) is 0 Å². The summed E-state index contributed by atoms with van der Waals surface area (Å²) in [7, 11) is 0. The van der Waals surface area contributed by atoms with Gasteiger partial charge in [-0.2, -0.15) is 11.8 Å². The zero-order valence-electron chi connectivity index (χ0n) is 11.9. The molecule has 0 radical (unpaired) electrons. The molecule has 0 fully saturated rings. The Bertz CT molecular complexity index is 362. The maximum absolute atomic E-state index is 9.10. The second-order valence-electron chi connectivity index (χ2n) is 4.84. The third-order valence-electron chi connectivity index (χ3n) is 3.44. The van der Waals surface area contributed by atoms with Crippen molar-refractivity contribution in [2.24, 2.45) is 0 Å². The summed E-state index contributed by atoms with van der Waals surface area (Å²) >= 11 is 1.82. The summed E-state index contributed by atoms with van der Waals surface area (Å²) in [4.78, 5) is 0. The molecule has 18 heavy (non-hydrogen) atoms. The third kappa shape index (κ3) is 4.30. The molecule has 102 valence electrons. The van der Waals surface area contributed by atoms with Crippen LogP contribution in [0.1, 0.15) is 36.1 Å². The van der Waals surface area contributed by atoms with Crippen LogP contribution < -0.4 is 5.32 Å². The molecule has 1 rings (SSSR count). The van der Waals surface area contributed by atoms with Crippen molar-refractivity contribution in [1.29, 1.82) is 0 Å². The van der Waals surface area contributed by atoms with Crippen LogP contribution in [0.15, 0.2) is 18.2 Å². The molecule has 0 heterocycles. The fraction of sp³-hybridized carbons (Fsp3) is 0.600. The predicted molar refractivity (Wildman–Crippen MR) is 81.3 cm³/mol. The van der Waals surface area contributed by atoms with Crippen LogP contribution in [0, 0.1) is 13.8 Å². The highest BCUT2D eigenvalue weighted by molar-refractivity contribution is 7.98. The largest absolute Gasteiger partial charge is 0.396 e. The molecular formula is C15H25NOS. The molecule has 1 aromatic carbocycles. The lowest BCUT2D eigenvalue weighted by Crippen LogP contribution is -2.34. The van der Waals surface area contributed by atoms with Gasteiger partial charge in [-0.1, -0.05) is 18.2 Å². The summed E-state index contributed by atoms with van der Waals surface area (Å²) in [5.41, 5.74) is 4.06. The molecule has 0 aliphatic rings. The first-order valence-corrected chi connectivity index (χ1v) is 7.91. The van der Waals surface area contributed by atoms with E-state index in [1.54, 1.807) is 0 Å². The summed E-state index contributed by atoms with van der Waals surface area (Å²) in [6.45, 7) is 6.78. The van der Waals surface area contributed by atoms with Gasteiger partial charge in [0, 0.05) is 24.4 Å². The average Bonchev–Trinajstić information content (AvgIpc) is 2.33. The first-order valence-electron chi connectivity index (χ1n) is 6.52. The van der Waals surface area contributed by atoms with E-state index in [1.807, 2.05) is 11.8 Å². The summed E-state index contributed by atoms with van der Waals surface area (Å²) in [5.74, 6) is 1.04. The van der Waals surface area contributed by atoms with E-state index in [-0.39, 0.29) is 6.61 Å². The zero-order chi connectivity index (χ0) is 13.5. The predicted octanol–water partition coefficient (Wildman–Crippen LogP) is 3.07. The minimum Gasteiger partial charge on any atom is -0.396 e. The molecule has 0 amide bonds. The van der Waals surface area contributed by atoms with Gasteiger partial charge in [-0.05, 0) is 50.1 Å². The van der Waals surface area contributed by atoms with E-state index in [4.69, 9.17) is 5.11 Å². The Balaban J connectivity index is 2.73. The molecule has 2 atom stereocenters. The second kappa shape index (κ2) is 7.82. The molecule has 0 saturated heterocycles. The number of aliphatic hydroxyl groups is 1. The summed E-state index contributed by atoms with van der Waals surface area (Å²) in [6, 6.07) is 7.16. The van der Waals surface area contributed by atoms with E-state index in [0.29, 0.717) is 12.1 Å². The Morgan fingerprint density at radius 3 is 2.67 bits per heavy atom. The first-order chi connectivity index (χ1) is 8.60. The van der Waals surface area contributed by atoms with Gasteiger partial charge in [-0.15, -0.1) is 0 Å². The molecule has 2 nitrogen and oxygen atoms in total. The number of aryl methyl sites for hydroxylation is 1. The molecule has 0 saturated carbocycles. The number of benzene rings is 1. The Kier molecular flexibility index (Phi) is 6.76. The first kappa shape index (κ1) is 15.5. The average molecular weight is 267 g/mol. The van der Waals surface area contributed by atoms with Crippen molar-refractivity contribution in [2.75, 3.05) is 18.6 Å². The monoisotopic (exact) mass is 267 g/mol. The Labute approximate surface area is 115 Å². The number of rotatable bonds is 7. The zero-order valence-corrected chi connectivity index (χ0v) is 12.7. The van der Waals surface area contributed by atoms with Crippen molar-refractivity contribution >= 4 is 11.8 Å². The van der Waals surface area contributed by atoms with Crippen LogP contribution in [-0.4, -0.2) is 29.8 Å². The van der Waals surface area contributed by atoms with Crippen LogP contribution in [-0.2, 0) is 0 Å². The summed E-state index contributed by atoms with van der Waals surface area (Å²) in [6.07, 6.45) is 2.92. The van der Waals surface area contributed by atoms with Crippen LogP contribution in [0.25, 0.3) is 0 Å². The maximum atomic E-state index is 9.10. The van der Waals surface area contributed by atoms with Crippen LogP contribution in [0.4, 0.5) is 0 Å². The fourth-order valence-electron chi connectivity index (χ4n) is 2.26. The molecule has 0 aromatic heterocycles. The van der Waals surface area contributed by atoms with E-state index in [1.165, 1.54) is 16.7 Å². The summed E-state index contributed by atoms with van der Waals surface area (Å²) in [5, 5.41) is 12.7. The van der Waals surface area contributed by atoms with Gasteiger partial charge in [0.1, 0.15) is 0 Å². The molecule has 1 aromatic rings. The van der Waals surface area contributed by atoms with Gasteiger partial charge in [0.15, 0.2) is 0 Å². The molecule has 0 bridgehead atoms. The topological polar surface area (TPSA) is 32.3 Å². The normalized spacial score (nSPS) is 14.5. The van der Waals surface area contributed by atoms with Crippen LogP contribution in [0.2, 0.25) is 0 Å². The Morgan fingerprint density at radius 2 is 2.06 bits per heavy atom. The molecule has 0 aliphatic carbocycles. The third-order valence-corrected chi connectivity index (χ3v) is 4.18. The van der Waals surface area contributed by atoms with Crippen molar-refractivity contribution < 1.29 is 5.11 Å². The standard InChI is InChI=1S/C15H25NOS/c1-11-6-5-7-15(12(11)2)13(3)16-14(8-9-17)10-18-4/h5-7,13-14,16-17H,8-10H2,1-4H3. The molecule has 3 heteroatoms. The molecule has 2 unspecified atom stereocenters. The van der Waals surface area contributed by atoms with E-state index >= 15 is 0 Å². The van der Waals surface area contributed by atoms with Gasteiger partial charge in [-0.3, -0.25) is 0 Å². The van der Waals surface area contributed by atoms with E-state index < -0.39 is 0 Å². The second-order valence-corrected chi connectivity index (χ2v) is 5.75. The lowest BCUT2D eigenvalue weighted by atomic mass is 9.98. The van der Waals surface area contributed by atoms with Crippen molar-refractivity contribution in [3.05, 3.63) is 34.9 Å². The van der Waals surface area contributed by atoms with E-state index in [0.717, 1.165) is 12.2 Å². The van der Waals surface area contributed by atoms with Gasteiger partial charge < -0.3 is 10.4 Å². The van der Waals surface area contributed by atoms with Crippen LogP contribution in [0.3, 0.4) is 0 Å². The number of hydrogen-bond acceptors (Lipinski definition) is 3. The van der Waals surface area contributed by atoms with Crippen molar-refractivity contribution in [3.8, 4) is 0 Å². The lowest BCUT2D eigenvalue weighted by Gasteiger charge is -2.24. The minimum absolute atomic E-state index is 0.248. The molecule has 2 N–H and O–H groups in total.